The second kappa shape index (κ2) is 7.44. The predicted octanol–water partition coefficient (Wildman–Crippen LogP) is 3.19. The summed E-state index contributed by atoms with van der Waals surface area (Å²) in [5.74, 6) is -0.510. The molecule has 0 saturated carbocycles. The van der Waals surface area contributed by atoms with Crippen molar-refractivity contribution in [3.05, 3.63) is 35.9 Å². The van der Waals surface area contributed by atoms with E-state index in [4.69, 9.17) is 0 Å². The minimum atomic E-state index is -0.686. The third-order valence-electron chi connectivity index (χ3n) is 3.80. The van der Waals surface area contributed by atoms with E-state index in [2.05, 4.69) is 19.1 Å². The standard InChI is InChI=1S/C17H27NO2/c1-5-6-12-15(13-14-10-8-7-9-11-14)16(17(19)20)18(2,3)4/h7-11,15-16H,5-6,12-13H2,1-4H3/p+1. The number of quaternary nitrogens is 1. The number of carboxylic acid groups (broad SMARTS) is 1. The number of hydrogen-bond acceptors (Lipinski definition) is 1. The quantitative estimate of drug-likeness (QED) is 0.741. The number of benzene rings is 1. The van der Waals surface area contributed by atoms with Gasteiger partial charge < -0.3 is 9.59 Å². The van der Waals surface area contributed by atoms with E-state index < -0.39 is 5.97 Å². The summed E-state index contributed by atoms with van der Waals surface area (Å²) in [5.41, 5.74) is 1.23. The highest BCUT2D eigenvalue weighted by Gasteiger charge is 2.38. The number of unbranched alkanes of at least 4 members (excludes halogenated alkanes) is 1. The van der Waals surface area contributed by atoms with Crippen LogP contribution in [-0.2, 0) is 11.2 Å². The maximum atomic E-state index is 11.7. The maximum absolute atomic E-state index is 11.7. The van der Waals surface area contributed by atoms with Crippen LogP contribution in [0.3, 0.4) is 0 Å². The molecule has 0 radical (unpaired) electrons. The van der Waals surface area contributed by atoms with Gasteiger partial charge in [0.1, 0.15) is 0 Å². The van der Waals surface area contributed by atoms with Crippen molar-refractivity contribution < 1.29 is 14.4 Å². The van der Waals surface area contributed by atoms with Gasteiger partial charge in [0.2, 0.25) is 0 Å². The molecule has 3 heteroatoms. The second-order valence-electron chi connectivity index (χ2n) is 6.49. The number of carboxylic acids is 1. The molecule has 1 rings (SSSR count). The summed E-state index contributed by atoms with van der Waals surface area (Å²) >= 11 is 0. The number of carbonyl (C=O) groups is 1. The fraction of sp³-hybridized carbons (Fsp3) is 0.588. The molecule has 112 valence electrons. The van der Waals surface area contributed by atoms with Gasteiger partial charge >= 0.3 is 5.97 Å². The summed E-state index contributed by atoms with van der Waals surface area (Å²) in [4.78, 5) is 11.7. The van der Waals surface area contributed by atoms with Crippen molar-refractivity contribution in [1.82, 2.24) is 0 Å². The average Bonchev–Trinajstić information content (AvgIpc) is 2.35. The zero-order valence-electron chi connectivity index (χ0n) is 13.2. The van der Waals surface area contributed by atoms with E-state index in [1.165, 1.54) is 5.56 Å². The van der Waals surface area contributed by atoms with Gasteiger partial charge in [0.05, 0.1) is 21.1 Å². The summed E-state index contributed by atoms with van der Waals surface area (Å²) in [6.07, 6.45) is 4.00. The molecule has 0 aromatic heterocycles. The predicted molar refractivity (Wildman–Crippen MR) is 82.6 cm³/mol. The SMILES string of the molecule is CCCCC(Cc1ccccc1)C(C(=O)O)[N+](C)(C)C. The van der Waals surface area contributed by atoms with E-state index in [0.717, 1.165) is 25.7 Å². The topological polar surface area (TPSA) is 37.3 Å². The van der Waals surface area contributed by atoms with E-state index in [9.17, 15) is 9.90 Å². The summed E-state index contributed by atoms with van der Waals surface area (Å²) in [6, 6.07) is 9.86. The van der Waals surface area contributed by atoms with Crippen molar-refractivity contribution in [3.63, 3.8) is 0 Å². The molecule has 20 heavy (non-hydrogen) atoms. The Morgan fingerprint density at radius 1 is 1.20 bits per heavy atom. The van der Waals surface area contributed by atoms with Crippen molar-refractivity contribution in [2.75, 3.05) is 21.1 Å². The van der Waals surface area contributed by atoms with Gasteiger partial charge in [-0.1, -0.05) is 50.1 Å². The second-order valence-corrected chi connectivity index (χ2v) is 6.49. The summed E-state index contributed by atoms with van der Waals surface area (Å²) < 4.78 is 0.469. The molecular weight excluding hydrogens is 250 g/mol. The largest absolute Gasteiger partial charge is 0.477 e. The van der Waals surface area contributed by atoms with E-state index in [0.29, 0.717) is 4.48 Å². The van der Waals surface area contributed by atoms with Crippen LogP contribution in [0.1, 0.15) is 31.7 Å². The van der Waals surface area contributed by atoms with Crippen LogP contribution in [0.25, 0.3) is 0 Å². The molecule has 0 fully saturated rings. The van der Waals surface area contributed by atoms with Crippen molar-refractivity contribution in [3.8, 4) is 0 Å². The zero-order chi connectivity index (χ0) is 15.2. The number of likely N-dealkylation sites (N-methyl/N-ethyl adjacent to an activating group) is 1. The number of hydrogen-bond donors (Lipinski definition) is 1. The lowest BCUT2D eigenvalue weighted by Gasteiger charge is -2.36. The number of aliphatic carboxylic acids is 1. The summed E-state index contributed by atoms with van der Waals surface area (Å²) in [7, 11) is 5.92. The first-order valence-electron chi connectivity index (χ1n) is 7.44. The monoisotopic (exact) mass is 278 g/mol. The molecule has 2 unspecified atom stereocenters. The van der Waals surface area contributed by atoms with Crippen LogP contribution >= 0.6 is 0 Å². The molecule has 1 aromatic rings. The van der Waals surface area contributed by atoms with Crippen molar-refractivity contribution >= 4 is 5.97 Å². The van der Waals surface area contributed by atoms with Crippen LogP contribution in [0.4, 0.5) is 0 Å². The first kappa shape index (κ1) is 16.7. The first-order valence-corrected chi connectivity index (χ1v) is 7.44. The zero-order valence-corrected chi connectivity index (χ0v) is 13.2. The minimum absolute atomic E-state index is 0.176. The van der Waals surface area contributed by atoms with Gasteiger partial charge in [0.15, 0.2) is 6.04 Å². The maximum Gasteiger partial charge on any atom is 0.362 e. The lowest BCUT2D eigenvalue weighted by Crippen LogP contribution is -2.54. The Morgan fingerprint density at radius 3 is 2.25 bits per heavy atom. The molecule has 0 bridgehead atoms. The van der Waals surface area contributed by atoms with Gasteiger partial charge in [-0.05, 0) is 18.4 Å². The molecule has 3 nitrogen and oxygen atoms in total. The Morgan fingerprint density at radius 2 is 1.80 bits per heavy atom. The van der Waals surface area contributed by atoms with Crippen LogP contribution in [0, 0.1) is 5.92 Å². The molecule has 0 spiro atoms. The fourth-order valence-electron chi connectivity index (χ4n) is 2.92. The van der Waals surface area contributed by atoms with E-state index in [-0.39, 0.29) is 12.0 Å². The van der Waals surface area contributed by atoms with Crippen molar-refractivity contribution in [2.24, 2.45) is 5.92 Å². The molecule has 0 aliphatic rings. The Hall–Kier alpha value is -1.35. The average molecular weight is 278 g/mol. The van der Waals surface area contributed by atoms with Crippen LogP contribution in [-0.4, -0.2) is 42.7 Å². The minimum Gasteiger partial charge on any atom is -0.477 e. The van der Waals surface area contributed by atoms with Gasteiger partial charge in [-0.2, -0.15) is 0 Å². The molecule has 1 N–H and O–H groups in total. The number of rotatable bonds is 8. The summed E-state index contributed by atoms with van der Waals surface area (Å²) in [6.45, 7) is 2.15. The van der Waals surface area contributed by atoms with Gasteiger partial charge in [0.25, 0.3) is 0 Å². The third-order valence-corrected chi connectivity index (χ3v) is 3.80. The molecule has 1 aromatic carbocycles. The highest BCUT2D eigenvalue weighted by molar-refractivity contribution is 5.72. The molecule has 2 atom stereocenters. The van der Waals surface area contributed by atoms with Gasteiger partial charge in [-0.25, -0.2) is 4.79 Å². The van der Waals surface area contributed by atoms with Crippen LogP contribution in [0.5, 0.6) is 0 Å². The normalized spacial score (nSPS) is 14.8. The molecule has 0 aliphatic heterocycles. The molecule has 0 amide bonds. The van der Waals surface area contributed by atoms with Crippen molar-refractivity contribution in [2.45, 2.75) is 38.6 Å². The Kier molecular flexibility index (Phi) is 6.21. The van der Waals surface area contributed by atoms with Crippen molar-refractivity contribution in [1.29, 1.82) is 0 Å². The van der Waals surface area contributed by atoms with E-state index in [1.54, 1.807) is 0 Å². The molecule has 0 heterocycles. The lowest BCUT2D eigenvalue weighted by molar-refractivity contribution is -0.891. The van der Waals surface area contributed by atoms with Gasteiger partial charge in [-0.15, -0.1) is 0 Å². The smallest absolute Gasteiger partial charge is 0.362 e. The highest BCUT2D eigenvalue weighted by Crippen LogP contribution is 2.24. The molecule has 0 aliphatic carbocycles. The lowest BCUT2D eigenvalue weighted by atomic mass is 9.86. The van der Waals surface area contributed by atoms with E-state index >= 15 is 0 Å². The van der Waals surface area contributed by atoms with Gasteiger partial charge in [-0.3, -0.25) is 0 Å². The van der Waals surface area contributed by atoms with Gasteiger partial charge in [0, 0.05) is 5.92 Å². The Labute approximate surface area is 122 Å². The van der Waals surface area contributed by atoms with E-state index in [1.807, 2.05) is 39.3 Å². The Balaban J connectivity index is 2.94. The summed E-state index contributed by atoms with van der Waals surface area (Å²) in [5, 5.41) is 9.64. The number of nitrogens with zero attached hydrogens (tertiary/aromatic N) is 1. The Bertz CT molecular complexity index is 409. The fourth-order valence-corrected chi connectivity index (χ4v) is 2.92. The third kappa shape index (κ3) is 4.97. The first-order chi connectivity index (χ1) is 9.36. The van der Waals surface area contributed by atoms with Crippen LogP contribution in [0.2, 0.25) is 0 Å². The molecule has 0 saturated heterocycles. The molecular formula is C17H28NO2+. The van der Waals surface area contributed by atoms with Crippen LogP contribution < -0.4 is 0 Å². The highest BCUT2D eigenvalue weighted by atomic mass is 16.4. The van der Waals surface area contributed by atoms with Crippen LogP contribution in [0.15, 0.2) is 30.3 Å².